The molecule has 1 unspecified atom stereocenters. The van der Waals surface area contributed by atoms with Crippen LogP contribution in [0.1, 0.15) is 12.5 Å². The minimum absolute atomic E-state index is 0.259. The largest absolute Gasteiger partial charge is 0.467 e. The zero-order valence-corrected chi connectivity index (χ0v) is 8.70. The molecule has 1 N–H and O–H groups in total. The number of rotatable bonds is 3. The van der Waals surface area contributed by atoms with E-state index in [2.05, 4.69) is 10.1 Å². The van der Waals surface area contributed by atoms with E-state index in [0.29, 0.717) is 0 Å². The smallest absolute Gasteiger partial charge is 0.327 e. The van der Waals surface area contributed by atoms with Crippen molar-refractivity contribution in [3.05, 3.63) is 29.8 Å². The van der Waals surface area contributed by atoms with Gasteiger partial charge in [-0.1, -0.05) is 17.7 Å². The molecule has 0 aromatic heterocycles. The number of hydrogen-bond acceptors (Lipinski definition) is 3. The second-order valence-electron chi connectivity index (χ2n) is 3.26. The normalized spacial score (nSPS) is 11.9. The van der Waals surface area contributed by atoms with Crippen LogP contribution in [0.4, 0.5) is 5.69 Å². The minimum atomic E-state index is -0.317. The molecule has 0 saturated heterocycles. The van der Waals surface area contributed by atoms with Gasteiger partial charge in [-0.05, 0) is 26.0 Å². The monoisotopic (exact) mass is 193 g/mol. The number of carbonyl (C=O) groups excluding carboxylic acids is 1. The van der Waals surface area contributed by atoms with Crippen LogP contribution in [0.5, 0.6) is 0 Å². The summed E-state index contributed by atoms with van der Waals surface area (Å²) in [5.41, 5.74) is 2.12. The highest BCUT2D eigenvalue weighted by atomic mass is 16.5. The number of nitrogens with one attached hydrogen (secondary N) is 1. The van der Waals surface area contributed by atoms with E-state index in [1.54, 1.807) is 6.92 Å². The number of aryl methyl sites for hydroxylation is 1. The van der Waals surface area contributed by atoms with Gasteiger partial charge in [0.25, 0.3) is 0 Å². The molecule has 0 heterocycles. The van der Waals surface area contributed by atoms with Crippen molar-refractivity contribution >= 4 is 11.7 Å². The molecule has 0 aliphatic carbocycles. The van der Waals surface area contributed by atoms with Crippen LogP contribution in [0.3, 0.4) is 0 Å². The number of esters is 1. The standard InChI is InChI=1S/C11H15NO2/c1-8-4-6-10(7-5-8)12-9(2)11(13)14-3/h4-7,9,12H,1-3H3. The summed E-state index contributed by atoms with van der Waals surface area (Å²) in [5.74, 6) is -0.259. The summed E-state index contributed by atoms with van der Waals surface area (Å²) >= 11 is 0. The average Bonchev–Trinajstić information content (AvgIpc) is 2.20. The molecule has 0 saturated carbocycles. The van der Waals surface area contributed by atoms with Crippen LogP contribution in [0.25, 0.3) is 0 Å². The van der Waals surface area contributed by atoms with Gasteiger partial charge in [-0.25, -0.2) is 4.79 Å². The van der Waals surface area contributed by atoms with Crippen molar-refractivity contribution < 1.29 is 9.53 Å². The van der Waals surface area contributed by atoms with Gasteiger partial charge in [0.05, 0.1) is 7.11 Å². The Balaban J connectivity index is 2.60. The van der Waals surface area contributed by atoms with Crippen molar-refractivity contribution in [2.75, 3.05) is 12.4 Å². The van der Waals surface area contributed by atoms with E-state index < -0.39 is 0 Å². The predicted molar refractivity (Wildman–Crippen MR) is 56.3 cm³/mol. The Morgan fingerprint density at radius 2 is 1.93 bits per heavy atom. The summed E-state index contributed by atoms with van der Waals surface area (Å²) in [6.45, 7) is 3.79. The van der Waals surface area contributed by atoms with E-state index in [4.69, 9.17) is 0 Å². The summed E-state index contributed by atoms with van der Waals surface area (Å²) in [7, 11) is 1.38. The van der Waals surface area contributed by atoms with Crippen molar-refractivity contribution in [2.45, 2.75) is 19.9 Å². The Morgan fingerprint density at radius 1 is 1.36 bits per heavy atom. The lowest BCUT2D eigenvalue weighted by Gasteiger charge is -2.12. The van der Waals surface area contributed by atoms with Gasteiger partial charge in [0, 0.05) is 5.69 Å². The first-order valence-electron chi connectivity index (χ1n) is 4.54. The first-order chi connectivity index (χ1) is 6.63. The number of benzene rings is 1. The number of carbonyl (C=O) groups is 1. The maximum absolute atomic E-state index is 11.1. The molecular weight excluding hydrogens is 178 g/mol. The third kappa shape index (κ3) is 2.76. The van der Waals surface area contributed by atoms with Crippen LogP contribution < -0.4 is 5.32 Å². The fourth-order valence-electron chi connectivity index (χ4n) is 1.14. The third-order valence-corrected chi connectivity index (χ3v) is 1.99. The van der Waals surface area contributed by atoms with Gasteiger partial charge in [0.2, 0.25) is 0 Å². The van der Waals surface area contributed by atoms with Gasteiger partial charge in [-0.3, -0.25) is 0 Å². The molecule has 0 bridgehead atoms. The SMILES string of the molecule is COC(=O)C(C)Nc1ccc(C)cc1. The highest BCUT2D eigenvalue weighted by Crippen LogP contribution is 2.10. The average molecular weight is 193 g/mol. The molecule has 0 spiro atoms. The topological polar surface area (TPSA) is 38.3 Å². The highest BCUT2D eigenvalue weighted by molar-refractivity contribution is 5.78. The number of hydrogen-bond donors (Lipinski definition) is 1. The summed E-state index contributed by atoms with van der Waals surface area (Å²) in [4.78, 5) is 11.1. The Kier molecular flexibility index (Phi) is 3.51. The van der Waals surface area contributed by atoms with Crippen LogP contribution in [0, 0.1) is 6.92 Å². The van der Waals surface area contributed by atoms with Crippen LogP contribution >= 0.6 is 0 Å². The van der Waals surface area contributed by atoms with Crippen molar-refractivity contribution in [1.82, 2.24) is 0 Å². The Labute approximate surface area is 84.1 Å². The molecule has 76 valence electrons. The maximum Gasteiger partial charge on any atom is 0.327 e. The molecule has 3 heteroatoms. The molecule has 1 aromatic rings. The predicted octanol–water partition coefficient (Wildman–Crippen LogP) is 1.97. The van der Waals surface area contributed by atoms with Gasteiger partial charge in [0.1, 0.15) is 6.04 Å². The first-order valence-corrected chi connectivity index (χ1v) is 4.54. The Bertz CT molecular complexity index is 306. The summed E-state index contributed by atoms with van der Waals surface area (Å²) in [6, 6.07) is 7.55. The quantitative estimate of drug-likeness (QED) is 0.746. The number of methoxy groups -OCH3 is 1. The van der Waals surface area contributed by atoms with Crippen LogP contribution in [0.15, 0.2) is 24.3 Å². The molecule has 0 radical (unpaired) electrons. The fourth-order valence-corrected chi connectivity index (χ4v) is 1.14. The van der Waals surface area contributed by atoms with Crippen molar-refractivity contribution in [3.8, 4) is 0 Å². The van der Waals surface area contributed by atoms with Gasteiger partial charge < -0.3 is 10.1 Å². The van der Waals surface area contributed by atoms with E-state index in [1.165, 1.54) is 12.7 Å². The molecule has 0 aliphatic heterocycles. The van der Waals surface area contributed by atoms with Crippen LogP contribution in [-0.2, 0) is 9.53 Å². The van der Waals surface area contributed by atoms with Gasteiger partial charge in [-0.2, -0.15) is 0 Å². The maximum atomic E-state index is 11.1. The zero-order valence-electron chi connectivity index (χ0n) is 8.70. The molecule has 14 heavy (non-hydrogen) atoms. The van der Waals surface area contributed by atoms with E-state index in [0.717, 1.165) is 5.69 Å². The zero-order chi connectivity index (χ0) is 10.6. The van der Waals surface area contributed by atoms with E-state index in [-0.39, 0.29) is 12.0 Å². The molecule has 0 aliphatic rings. The second-order valence-corrected chi connectivity index (χ2v) is 3.26. The molecule has 3 nitrogen and oxygen atoms in total. The molecule has 1 atom stereocenters. The molecule has 0 amide bonds. The molecule has 0 fully saturated rings. The number of ether oxygens (including phenoxy) is 1. The van der Waals surface area contributed by atoms with Crippen molar-refractivity contribution in [3.63, 3.8) is 0 Å². The van der Waals surface area contributed by atoms with Gasteiger partial charge in [-0.15, -0.1) is 0 Å². The number of anilines is 1. The molecule has 1 aromatic carbocycles. The van der Waals surface area contributed by atoms with E-state index in [1.807, 2.05) is 31.2 Å². The minimum Gasteiger partial charge on any atom is -0.467 e. The Hall–Kier alpha value is -1.51. The van der Waals surface area contributed by atoms with Crippen molar-refractivity contribution in [1.29, 1.82) is 0 Å². The second kappa shape index (κ2) is 4.65. The van der Waals surface area contributed by atoms with E-state index in [9.17, 15) is 4.79 Å². The summed E-state index contributed by atoms with van der Waals surface area (Å²) in [6.07, 6.45) is 0. The molecule has 1 rings (SSSR count). The Morgan fingerprint density at radius 3 is 2.43 bits per heavy atom. The summed E-state index contributed by atoms with van der Waals surface area (Å²) < 4.78 is 4.61. The van der Waals surface area contributed by atoms with Gasteiger partial charge >= 0.3 is 5.97 Å². The molecular formula is C11H15NO2. The van der Waals surface area contributed by atoms with Crippen LogP contribution in [0.2, 0.25) is 0 Å². The lowest BCUT2D eigenvalue weighted by atomic mass is 10.2. The third-order valence-electron chi connectivity index (χ3n) is 1.99. The summed E-state index contributed by atoms with van der Waals surface area (Å²) in [5, 5.41) is 3.05. The lowest BCUT2D eigenvalue weighted by Crippen LogP contribution is -2.27. The van der Waals surface area contributed by atoms with Crippen molar-refractivity contribution in [2.24, 2.45) is 0 Å². The van der Waals surface area contributed by atoms with Crippen LogP contribution in [-0.4, -0.2) is 19.1 Å². The first kappa shape index (κ1) is 10.6. The highest BCUT2D eigenvalue weighted by Gasteiger charge is 2.11. The van der Waals surface area contributed by atoms with Gasteiger partial charge in [0.15, 0.2) is 0 Å². The van der Waals surface area contributed by atoms with E-state index >= 15 is 0 Å². The fraction of sp³-hybridized carbons (Fsp3) is 0.364. The lowest BCUT2D eigenvalue weighted by molar-refractivity contribution is -0.141.